The molecule has 0 spiro atoms. The number of hydrogen-bond acceptors (Lipinski definition) is 5. The predicted molar refractivity (Wildman–Crippen MR) is 105 cm³/mol. The minimum atomic E-state index is 0.0465. The van der Waals surface area contributed by atoms with E-state index in [9.17, 15) is 4.79 Å². The number of aromatic nitrogens is 3. The lowest BCUT2D eigenvalue weighted by atomic mass is 10.1. The number of hydrogen-bond donors (Lipinski definition) is 1. The molecule has 1 heterocycles. The molecule has 1 aliphatic rings. The van der Waals surface area contributed by atoms with E-state index in [-0.39, 0.29) is 18.5 Å². The van der Waals surface area contributed by atoms with Gasteiger partial charge in [0.15, 0.2) is 4.77 Å². The van der Waals surface area contributed by atoms with Crippen molar-refractivity contribution >= 4 is 18.1 Å². The third-order valence-corrected chi connectivity index (χ3v) is 5.06. The summed E-state index contributed by atoms with van der Waals surface area (Å²) in [6.07, 6.45) is 3.80. The summed E-state index contributed by atoms with van der Waals surface area (Å²) in [5.41, 5.74) is 0.961. The van der Waals surface area contributed by atoms with Crippen LogP contribution in [-0.4, -0.2) is 45.8 Å². The second-order valence-electron chi connectivity index (χ2n) is 6.71. The number of benzene rings is 1. The highest BCUT2D eigenvalue weighted by Gasteiger charge is 2.33. The average molecular weight is 391 g/mol. The number of aromatic amines is 1. The zero-order chi connectivity index (χ0) is 19.4. The molecular weight excluding hydrogens is 364 g/mol. The molecule has 0 atom stereocenters. The zero-order valence-electron chi connectivity index (χ0n) is 16.0. The van der Waals surface area contributed by atoms with Gasteiger partial charge in [0.05, 0.1) is 14.2 Å². The molecule has 0 aliphatic heterocycles. The molecule has 0 radical (unpaired) electrons. The second kappa shape index (κ2) is 8.56. The molecule has 1 amide bonds. The van der Waals surface area contributed by atoms with Crippen LogP contribution in [0, 0.1) is 4.77 Å². The maximum atomic E-state index is 13.1. The Morgan fingerprint density at radius 2 is 2.15 bits per heavy atom. The van der Waals surface area contributed by atoms with Crippen LogP contribution in [0.15, 0.2) is 18.2 Å². The number of ether oxygens (including phenoxy) is 2. The second-order valence-corrected chi connectivity index (χ2v) is 7.10. The first kappa shape index (κ1) is 19.4. The SMILES string of the molecule is CCCc1n[nH]c(=S)n1CC(=O)N(Cc1ccc(OC)cc1OC)C1CC1. The van der Waals surface area contributed by atoms with Gasteiger partial charge >= 0.3 is 0 Å². The van der Waals surface area contributed by atoms with Crippen molar-refractivity contribution in [3.8, 4) is 11.5 Å². The van der Waals surface area contributed by atoms with E-state index in [1.807, 2.05) is 27.7 Å². The van der Waals surface area contributed by atoms with E-state index in [0.717, 1.165) is 48.6 Å². The summed E-state index contributed by atoms with van der Waals surface area (Å²) >= 11 is 5.31. The van der Waals surface area contributed by atoms with E-state index in [1.54, 1.807) is 14.2 Å². The standard InChI is InChI=1S/C19H26N4O3S/c1-4-5-17-20-21-19(27)23(17)12-18(24)22(14-7-8-14)11-13-6-9-15(25-2)10-16(13)26-3/h6,9-10,14H,4-5,7-8,11-12H2,1-3H3,(H,21,27). The van der Waals surface area contributed by atoms with Gasteiger partial charge in [-0.3, -0.25) is 14.5 Å². The third kappa shape index (κ3) is 4.50. The van der Waals surface area contributed by atoms with Crippen molar-refractivity contribution in [1.82, 2.24) is 19.7 Å². The van der Waals surface area contributed by atoms with E-state index in [0.29, 0.717) is 11.3 Å². The highest BCUT2D eigenvalue weighted by atomic mass is 32.1. The summed E-state index contributed by atoms with van der Waals surface area (Å²) < 4.78 is 13.0. The fourth-order valence-electron chi connectivity index (χ4n) is 3.13. The number of nitrogens with one attached hydrogen (secondary N) is 1. The number of carbonyl (C=O) groups excluding carboxylic acids is 1. The van der Waals surface area contributed by atoms with Crippen molar-refractivity contribution in [2.45, 2.75) is 51.7 Å². The highest BCUT2D eigenvalue weighted by Crippen LogP contribution is 2.32. The smallest absolute Gasteiger partial charge is 0.243 e. The number of carbonyl (C=O) groups is 1. The van der Waals surface area contributed by atoms with Crippen LogP contribution in [0.4, 0.5) is 0 Å². The first-order chi connectivity index (χ1) is 13.1. The molecule has 0 saturated heterocycles. The van der Waals surface area contributed by atoms with Gasteiger partial charge in [0.1, 0.15) is 23.9 Å². The maximum Gasteiger partial charge on any atom is 0.243 e. The number of aryl methyl sites for hydroxylation is 1. The summed E-state index contributed by atoms with van der Waals surface area (Å²) in [7, 11) is 3.25. The molecule has 8 heteroatoms. The van der Waals surface area contributed by atoms with Crippen molar-refractivity contribution in [2.75, 3.05) is 14.2 Å². The Morgan fingerprint density at radius 1 is 1.37 bits per heavy atom. The predicted octanol–water partition coefficient (Wildman–Crippen LogP) is 3.10. The molecule has 1 aliphatic carbocycles. The normalized spacial score (nSPS) is 13.4. The Morgan fingerprint density at radius 3 is 2.78 bits per heavy atom. The van der Waals surface area contributed by atoms with Gasteiger partial charge < -0.3 is 14.4 Å². The van der Waals surface area contributed by atoms with Gasteiger partial charge in [0, 0.05) is 30.6 Å². The fraction of sp³-hybridized carbons (Fsp3) is 0.526. The lowest BCUT2D eigenvalue weighted by Gasteiger charge is -2.24. The van der Waals surface area contributed by atoms with Gasteiger partial charge in [-0.1, -0.05) is 6.92 Å². The topological polar surface area (TPSA) is 72.4 Å². The van der Waals surface area contributed by atoms with Crippen molar-refractivity contribution in [2.24, 2.45) is 0 Å². The van der Waals surface area contributed by atoms with Crippen molar-refractivity contribution in [3.05, 3.63) is 34.4 Å². The largest absolute Gasteiger partial charge is 0.497 e. The van der Waals surface area contributed by atoms with Crippen LogP contribution in [-0.2, 0) is 24.3 Å². The fourth-order valence-corrected chi connectivity index (χ4v) is 3.34. The lowest BCUT2D eigenvalue weighted by molar-refractivity contribution is -0.133. The van der Waals surface area contributed by atoms with Crippen LogP contribution >= 0.6 is 12.2 Å². The molecule has 0 unspecified atom stereocenters. The Hall–Kier alpha value is -2.35. The zero-order valence-corrected chi connectivity index (χ0v) is 16.8. The number of amides is 1. The van der Waals surface area contributed by atoms with Crippen molar-refractivity contribution < 1.29 is 14.3 Å². The molecule has 2 aromatic rings. The molecule has 1 saturated carbocycles. The Bertz CT molecular complexity index is 857. The van der Waals surface area contributed by atoms with Crippen LogP contribution in [0.1, 0.15) is 37.6 Å². The van der Waals surface area contributed by atoms with E-state index < -0.39 is 0 Å². The summed E-state index contributed by atoms with van der Waals surface area (Å²) in [6.45, 7) is 2.79. The van der Waals surface area contributed by atoms with Crippen molar-refractivity contribution in [1.29, 1.82) is 0 Å². The van der Waals surface area contributed by atoms with Gasteiger partial charge in [-0.25, -0.2) is 0 Å². The molecule has 0 bridgehead atoms. The number of H-pyrrole nitrogens is 1. The molecular formula is C19H26N4O3S. The number of rotatable bonds is 9. The molecule has 1 N–H and O–H groups in total. The van der Waals surface area contributed by atoms with Crippen LogP contribution in [0.2, 0.25) is 0 Å². The summed E-state index contributed by atoms with van der Waals surface area (Å²) in [4.78, 5) is 15.0. The summed E-state index contributed by atoms with van der Waals surface area (Å²) in [5.74, 6) is 2.33. The van der Waals surface area contributed by atoms with Crippen LogP contribution in [0.25, 0.3) is 0 Å². The van der Waals surface area contributed by atoms with Gasteiger partial charge in [0.25, 0.3) is 0 Å². The van der Waals surface area contributed by atoms with Gasteiger partial charge in [-0.2, -0.15) is 5.10 Å². The van der Waals surface area contributed by atoms with Gasteiger partial charge in [-0.15, -0.1) is 0 Å². The third-order valence-electron chi connectivity index (χ3n) is 4.75. The Balaban J connectivity index is 1.79. The van der Waals surface area contributed by atoms with Crippen LogP contribution in [0.3, 0.4) is 0 Å². The minimum Gasteiger partial charge on any atom is -0.497 e. The molecule has 1 aromatic heterocycles. The quantitative estimate of drug-likeness (QED) is 0.666. The average Bonchev–Trinajstić information content (AvgIpc) is 3.46. The molecule has 1 aromatic carbocycles. The number of methoxy groups -OCH3 is 2. The molecule has 1 fully saturated rings. The Labute approximate surface area is 164 Å². The van der Waals surface area contributed by atoms with E-state index in [1.165, 1.54) is 0 Å². The van der Waals surface area contributed by atoms with Crippen LogP contribution < -0.4 is 9.47 Å². The van der Waals surface area contributed by atoms with Gasteiger partial charge in [-0.05, 0) is 43.6 Å². The highest BCUT2D eigenvalue weighted by molar-refractivity contribution is 7.71. The van der Waals surface area contributed by atoms with Crippen LogP contribution in [0.5, 0.6) is 11.5 Å². The van der Waals surface area contributed by atoms with E-state index in [2.05, 4.69) is 17.1 Å². The molecule has 27 heavy (non-hydrogen) atoms. The van der Waals surface area contributed by atoms with Gasteiger partial charge in [0.2, 0.25) is 5.91 Å². The molecule has 3 rings (SSSR count). The maximum absolute atomic E-state index is 13.1. The first-order valence-electron chi connectivity index (χ1n) is 9.21. The molecule has 146 valence electrons. The monoisotopic (exact) mass is 390 g/mol. The first-order valence-corrected chi connectivity index (χ1v) is 9.62. The summed E-state index contributed by atoms with van der Waals surface area (Å²) in [6, 6.07) is 5.96. The lowest BCUT2D eigenvalue weighted by Crippen LogP contribution is -2.35. The Kier molecular flexibility index (Phi) is 6.15. The van der Waals surface area contributed by atoms with E-state index >= 15 is 0 Å². The summed E-state index contributed by atoms with van der Waals surface area (Å²) in [5, 5.41) is 7.05. The molecule has 7 nitrogen and oxygen atoms in total. The van der Waals surface area contributed by atoms with Crippen molar-refractivity contribution in [3.63, 3.8) is 0 Å². The minimum absolute atomic E-state index is 0.0465. The number of nitrogens with zero attached hydrogens (tertiary/aromatic N) is 3. The van der Waals surface area contributed by atoms with E-state index in [4.69, 9.17) is 21.7 Å².